The highest BCUT2D eigenvalue weighted by Crippen LogP contribution is 2.36. The Hall–Kier alpha value is -1.31. The van der Waals surface area contributed by atoms with Crippen molar-refractivity contribution in [2.75, 3.05) is 6.54 Å². The molecule has 0 heterocycles. The van der Waals surface area contributed by atoms with E-state index in [2.05, 4.69) is 61.6 Å². The highest BCUT2D eigenvalue weighted by molar-refractivity contribution is 6.31. The van der Waals surface area contributed by atoms with Gasteiger partial charge in [-0.15, -0.1) is 0 Å². The summed E-state index contributed by atoms with van der Waals surface area (Å²) in [5.41, 5.74) is 2.55. The van der Waals surface area contributed by atoms with Gasteiger partial charge < -0.3 is 5.32 Å². The Kier molecular flexibility index (Phi) is 5.63. The Morgan fingerprint density at radius 3 is 2.20 bits per heavy atom. The van der Waals surface area contributed by atoms with Crippen LogP contribution in [0.5, 0.6) is 0 Å². The summed E-state index contributed by atoms with van der Waals surface area (Å²) in [5, 5.41) is 4.45. The summed E-state index contributed by atoms with van der Waals surface area (Å²) >= 11 is 6.40. The summed E-state index contributed by atoms with van der Waals surface area (Å²) in [4.78, 5) is 0. The third-order valence-electron chi connectivity index (χ3n) is 3.73. The van der Waals surface area contributed by atoms with Crippen molar-refractivity contribution in [3.8, 4) is 0 Å². The fourth-order valence-electron chi connectivity index (χ4n) is 2.78. The van der Waals surface area contributed by atoms with Crippen LogP contribution < -0.4 is 5.32 Å². The van der Waals surface area contributed by atoms with Crippen molar-refractivity contribution in [2.24, 2.45) is 0 Å². The van der Waals surface area contributed by atoms with Crippen LogP contribution in [0.4, 0.5) is 0 Å². The first-order valence-corrected chi connectivity index (χ1v) is 7.68. The largest absolute Gasteiger partial charge is 0.310 e. The molecule has 0 saturated heterocycles. The van der Waals surface area contributed by atoms with E-state index in [0.717, 1.165) is 18.0 Å². The van der Waals surface area contributed by atoms with Crippen molar-refractivity contribution in [2.45, 2.75) is 32.2 Å². The van der Waals surface area contributed by atoms with Crippen LogP contribution in [-0.4, -0.2) is 6.54 Å². The van der Waals surface area contributed by atoms with Gasteiger partial charge in [0.15, 0.2) is 0 Å². The quantitative estimate of drug-likeness (QED) is 0.771. The van der Waals surface area contributed by atoms with Gasteiger partial charge in [0.2, 0.25) is 0 Å². The Bertz CT molecular complexity index is 524. The molecular weight excluding hydrogens is 266 g/mol. The first-order chi connectivity index (χ1) is 9.77. The second kappa shape index (κ2) is 7.47. The van der Waals surface area contributed by atoms with E-state index in [9.17, 15) is 0 Å². The molecule has 0 radical (unpaired) electrons. The van der Waals surface area contributed by atoms with Crippen LogP contribution >= 0.6 is 11.6 Å². The zero-order chi connectivity index (χ0) is 14.4. The molecule has 2 heteroatoms. The highest BCUT2D eigenvalue weighted by Gasteiger charge is 2.24. The maximum atomic E-state index is 6.40. The predicted molar refractivity (Wildman–Crippen MR) is 87.3 cm³/mol. The van der Waals surface area contributed by atoms with Gasteiger partial charge in [-0.3, -0.25) is 0 Å². The minimum Gasteiger partial charge on any atom is -0.310 e. The minimum atomic E-state index is 0.251. The lowest BCUT2D eigenvalue weighted by Crippen LogP contribution is -2.27. The van der Waals surface area contributed by atoms with Crippen LogP contribution in [0.15, 0.2) is 54.6 Å². The molecule has 0 aliphatic rings. The summed E-state index contributed by atoms with van der Waals surface area (Å²) < 4.78 is 0. The van der Waals surface area contributed by atoms with Gasteiger partial charge in [-0.1, -0.05) is 74.0 Å². The molecule has 20 heavy (non-hydrogen) atoms. The van der Waals surface area contributed by atoms with E-state index in [1.54, 1.807) is 0 Å². The lowest BCUT2D eigenvalue weighted by Gasteiger charge is -2.28. The SMILES string of the molecule is CCNC(c1ccccc1Cl)C(CC)c1ccccc1. The smallest absolute Gasteiger partial charge is 0.0454 e. The summed E-state index contributed by atoms with van der Waals surface area (Å²) in [6, 6.07) is 19.1. The predicted octanol–water partition coefficient (Wildman–Crippen LogP) is 5.18. The topological polar surface area (TPSA) is 12.0 Å². The summed E-state index contributed by atoms with van der Waals surface area (Å²) in [6.45, 7) is 5.31. The Labute approximate surface area is 127 Å². The molecule has 0 bridgehead atoms. The Morgan fingerprint density at radius 1 is 0.950 bits per heavy atom. The number of halogens is 1. The van der Waals surface area contributed by atoms with Crippen molar-refractivity contribution < 1.29 is 0 Å². The monoisotopic (exact) mass is 287 g/mol. The zero-order valence-corrected chi connectivity index (χ0v) is 12.9. The molecule has 2 unspecified atom stereocenters. The van der Waals surface area contributed by atoms with Crippen LogP contribution in [0, 0.1) is 0 Å². The van der Waals surface area contributed by atoms with Crippen LogP contribution in [0.2, 0.25) is 5.02 Å². The van der Waals surface area contributed by atoms with Crippen molar-refractivity contribution in [1.29, 1.82) is 0 Å². The van der Waals surface area contributed by atoms with E-state index < -0.39 is 0 Å². The fraction of sp³-hybridized carbons (Fsp3) is 0.333. The second-order valence-corrected chi connectivity index (χ2v) is 5.39. The van der Waals surface area contributed by atoms with Crippen molar-refractivity contribution >= 4 is 11.6 Å². The number of hydrogen-bond acceptors (Lipinski definition) is 1. The zero-order valence-electron chi connectivity index (χ0n) is 12.1. The normalized spacial score (nSPS) is 13.9. The van der Waals surface area contributed by atoms with Crippen molar-refractivity contribution in [3.05, 3.63) is 70.7 Å². The van der Waals surface area contributed by atoms with Gasteiger partial charge in [0.05, 0.1) is 0 Å². The average molecular weight is 288 g/mol. The average Bonchev–Trinajstić information content (AvgIpc) is 2.49. The molecule has 2 aromatic carbocycles. The van der Waals surface area contributed by atoms with Gasteiger partial charge in [0.1, 0.15) is 0 Å². The molecule has 0 aromatic heterocycles. The molecule has 2 rings (SSSR count). The number of rotatable bonds is 6. The molecule has 0 fully saturated rings. The molecule has 2 atom stereocenters. The first kappa shape index (κ1) is 15.1. The number of likely N-dealkylation sites (N-methyl/N-ethyl adjacent to an activating group) is 1. The number of hydrogen-bond donors (Lipinski definition) is 1. The fourth-order valence-corrected chi connectivity index (χ4v) is 3.03. The standard InChI is InChI=1S/C18H22ClN/c1-3-15(14-10-6-5-7-11-14)18(20-4-2)16-12-8-9-13-17(16)19/h5-13,15,18,20H,3-4H2,1-2H3. The molecule has 0 aliphatic heterocycles. The Morgan fingerprint density at radius 2 is 1.60 bits per heavy atom. The van der Waals surface area contributed by atoms with Gasteiger partial charge in [-0.25, -0.2) is 0 Å². The number of nitrogens with one attached hydrogen (secondary N) is 1. The van der Waals surface area contributed by atoms with Crippen molar-refractivity contribution in [1.82, 2.24) is 5.32 Å². The molecule has 0 spiro atoms. The molecular formula is C18H22ClN. The van der Waals surface area contributed by atoms with Crippen LogP contribution in [-0.2, 0) is 0 Å². The summed E-state index contributed by atoms with van der Waals surface area (Å²) in [6.07, 6.45) is 1.08. The van der Waals surface area contributed by atoms with Gasteiger partial charge in [0, 0.05) is 17.0 Å². The van der Waals surface area contributed by atoms with Gasteiger partial charge in [-0.05, 0) is 30.2 Å². The third-order valence-corrected chi connectivity index (χ3v) is 4.08. The number of benzene rings is 2. The second-order valence-electron chi connectivity index (χ2n) is 4.98. The molecule has 106 valence electrons. The molecule has 0 saturated carbocycles. The molecule has 1 nitrogen and oxygen atoms in total. The van der Waals surface area contributed by atoms with Gasteiger partial charge >= 0.3 is 0 Å². The van der Waals surface area contributed by atoms with Gasteiger partial charge in [0.25, 0.3) is 0 Å². The van der Waals surface area contributed by atoms with Gasteiger partial charge in [-0.2, -0.15) is 0 Å². The van der Waals surface area contributed by atoms with Crippen LogP contribution in [0.3, 0.4) is 0 Å². The van der Waals surface area contributed by atoms with E-state index in [-0.39, 0.29) is 6.04 Å². The lowest BCUT2D eigenvalue weighted by molar-refractivity contribution is 0.445. The van der Waals surface area contributed by atoms with Crippen molar-refractivity contribution in [3.63, 3.8) is 0 Å². The lowest BCUT2D eigenvalue weighted by atomic mass is 9.85. The Balaban J connectivity index is 2.39. The maximum Gasteiger partial charge on any atom is 0.0454 e. The molecule has 0 aliphatic carbocycles. The molecule has 0 amide bonds. The summed E-state index contributed by atoms with van der Waals surface area (Å²) in [5.74, 6) is 0.427. The van der Waals surface area contributed by atoms with E-state index in [0.29, 0.717) is 5.92 Å². The minimum absolute atomic E-state index is 0.251. The summed E-state index contributed by atoms with van der Waals surface area (Å²) in [7, 11) is 0. The molecule has 1 N–H and O–H groups in total. The van der Waals surface area contributed by atoms with Crippen LogP contribution in [0.25, 0.3) is 0 Å². The van der Waals surface area contributed by atoms with E-state index >= 15 is 0 Å². The molecule has 2 aromatic rings. The first-order valence-electron chi connectivity index (χ1n) is 7.30. The maximum absolute atomic E-state index is 6.40. The van der Waals surface area contributed by atoms with E-state index in [1.807, 2.05) is 12.1 Å². The van der Waals surface area contributed by atoms with Crippen LogP contribution in [0.1, 0.15) is 43.4 Å². The van der Waals surface area contributed by atoms with E-state index in [4.69, 9.17) is 11.6 Å². The third kappa shape index (κ3) is 3.41. The highest BCUT2D eigenvalue weighted by atomic mass is 35.5. The van der Waals surface area contributed by atoms with E-state index in [1.165, 1.54) is 11.1 Å².